The van der Waals surface area contributed by atoms with Crippen LogP contribution in [0.1, 0.15) is 28.5 Å². The number of hydrogen-bond donors (Lipinski definition) is 1. The van der Waals surface area contributed by atoms with Gasteiger partial charge in [0.1, 0.15) is 5.76 Å². The highest BCUT2D eigenvalue weighted by Crippen LogP contribution is 2.27. The van der Waals surface area contributed by atoms with Gasteiger partial charge in [0.05, 0.1) is 6.42 Å². The molecular formula is C14H13F3N6O2. The molecule has 8 nitrogen and oxygen atoms in total. The van der Waals surface area contributed by atoms with Gasteiger partial charge in [0.2, 0.25) is 5.91 Å². The summed E-state index contributed by atoms with van der Waals surface area (Å²) in [6.45, 7) is 4.83. The van der Waals surface area contributed by atoms with E-state index in [0.29, 0.717) is 22.7 Å². The van der Waals surface area contributed by atoms with Crippen molar-refractivity contribution in [2.45, 2.75) is 33.4 Å². The van der Waals surface area contributed by atoms with Gasteiger partial charge in [-0.2, -0.15) is 18.2 Å². The summed E-state index contributed by atoms with van der Waals surface area (Å²) >= 11 is 0. The number of rotatable bonds is 3. The van der Waals surface area contributed by atoms with Crippen LogP contribution in [-0.2, 0) is 17.4 Å². The molecule has 0 saturated carbocycles. The second kappa shape index (κ2) is 5.83. The molecule has 1 amide bonds. The van der Waals surface area contributed by atoms with Crippen LogP contribution in [0.3, 0.4) is 0 Å². The summed E-state index contributed by atoms with van der Waals surface area (Å²) in [5.74, 6) is -1.06. The summed E-state index contributed by atoms with van der Waals surface area (Å²) in [6.07, 6.45) is -4.77. The molecule has 0 aliphatic rings. The largest absolute Gasteiger partial charge is 0.453 e. The molecule has 0 spiro atoms. The van der Waals surface area contributed by atoms with Gasteiger partial charge in [0.25, 0.3) is 11.6 Å². The van der Waals surface area contributed by atoms with Crippen LogP contribution in [0.2, 0.25) is 0 Å². The number of aromatic nitrogens is 5. The van der Waals surface area contributed by atoms with E-state index in [4.69, 9.17) is 4.52 Å². The van der Waals surface area contributed by atoms with Gasteiger partial charge in [-0.1, -0.05) is 5.16 Å². The molecule has 11 heteroatoms. The van der Waals surface area contributed by atoms with Crippen LogP contribution >= 0.6 is 0 Å². The molecule has 0 unspecified atom stereocenters. The maximum absolute atomic E-state index is 12.8. The predicted molar refractivity (Wildman–Crippen MR) is 78.8 cm³/mol. The highest BCUT2D eigenvalue weighted by Gasteiger charge is 2.37. The van der Waals surface area contributed by atoms with Crippen LogP contribution in [-0.4, -0.2) is 30.6 Å². The molecule has 132 valence electrons. The number of aryl methyl sites for hydroxylation is 3. The summed E-state index contributed by atoms with van der Waals surface area (Å²) in [6, 6.07) is 1.55. The summed E-state index contributed by atoms with van der Waals surface area (Å²) in [5.41, 5.74) is 1.22. The number of amides is 1. The maximum Gasteiger partial charge on any atom is 0.453 e. The van der Waals surface area contributed by atoms with Crippen LogP contribution in [0.15, 0.2) is 10.6 Å². The fraction of sp³-hybridized carbons (Fsp3) is 0.357. The van der Waals surface area contributed by atoms with Crippen molar-refractivity contribution in [3.05, 3.63) is 34.6 Å². The lowest BCUT2D eigenvalue weighted by Gasteiger charge is -2.09. The van der Waals surface area contributed by atoms with Crippen molar-refractivity contribution in [1.29, 1.82) is 0 Å². The number of nitrogens with one attached hydrogen (secondary N) is 1. The smallest absolute Gasteiger partial charge is 0.360 e. The third-order valence-electron chi connectivity index (χ3n) is 3.54. The number of fused-ring (bicyclic) bond motifs is 1. The monoisotopic (exact) mass is 354 g/mol. The van der Waals surface area contributed by atoms with Crippen molar-refractivity contribution >= 4 is 17.5 Å². The fourth-order valence-electron chi connectivity index (χ4n) is 2.36. The van der Waals surface area contributed by atoms with E-state index in [1.165, 1.54) is 0 Å². The van der Waals surface area contributed by atoms with Gasteiger partial charge in [-0.3, -0.25) is 4.79 Å². The van der Waals surface area contributed by atoms with Gasteiger partial charge in [-0.25, -0.2) is 9.50 Å². The Bertz CT molecular complexity index is 960. The Labute approximate surface area is 139 Å². The predicted octanol–water partition coefficient (Wildman–Crippen LogP) is 2.24. The highest BCUT2D eigenvalue weighted by atomic mass is 19.4. The van der Waals surface area contributed by atoms with E-state index >= 15 is 0 Å². The molecule has 0 radical (unpaired) electrons. The van der Waals surface area contributed by atoms with Crippen LogP contribution in [0.4, 0.5) is 19.0 Å². The van der Waals surface area contributed by atoms with Crippen molar-refractivity contribution in [3.63, 3.8) is 0 Å². The number of alkyl halides is 3. The Morgan fingerprint density at radius 3 is 2.60 bits per heavy atom. The molecule has 3 rings (SSSR count). The lowest BCUT2D eigenvalue weighted by molar-refractivity contribution is -0.144. The highest BCUT2D eigenvalue weighted by molar-refractivity contribution is 5.91. The van der Waals surface area contributed by atoms with Gasteiger partial charge < -0.3 is 9.84 Å². The molecule has 0 bridgehead atoms. The molecule has 0 fully saturated rings. The first kappa shape index (κ1) is 16.9. The number of carbonyl (C=O) groups excluding carboxylic acids is 1. The molecule has 0 aromatic carbocycles. The Morgan fingerprint density at radius 2 is 2.00 bits per heavy atom. The van der Waals surface area contributed by atoms with Gasteiger partial charge >= 0.3 is 6.18 Å². The first-order valence-electron chi connectivity index (χ1n) is 7.18. The average molecular weight is 354 g/mol. The summed E-state index contributed by atoms with van der Waals surface area (Å²) in [4.78, 5) is 19.5. The number of hydrogen-bond acceptors (Lipinski definition) is 6. The van der Waals surface area contributed by atoms with E-state index in [1.807, 2.05) is 0 Å². The number of nitrogens with zero attached hydrogens (tertiary/aromatic N) is 5. The van der Waals surface area contributed by atoms with Crippen LogP contribution in [0.5, 0.6) is 0 Å². The summed E-state index contributed by atoms with van der Waals surface area (Å²) < 4.78 is 44.1. The third-order valence-corrected chi connectivity index (χ3v) is 3.54. The van der Waals surface area contributed by atoms with E-state index in [9.17, 15) is 18.0 Å². The molecule has 0 aliphatic carbocycles. The van der Waals surface area contributed by atoms with Crippen LogP contribution < -0.4 is 5.32 Å². The molecule has 3 aromatic heterocycles. The Morgan fingerprint density at radius 1 is 1.28 bits per heavy atom. The topological polar surface area (TPSA) is 98.2 Å². The zero-order valence-corrected chi connectivity index (χ0v) is 13.5. The zero-order valence-electron chi connectivity index (χ0n) is 13.5. The van der Waals surface area contributed by atoms with Crippen molar-refractivity contribution < 1.29 is 22.5 Å². The molecule has 1 N–H and O–H groups in total. The molecule has 3 heterocycles. The minimum Gasteiger partial charge on any atom is -0.360 e. The van der Waals surface area contributed by atoms with E-state index in [-0.39, 0.29) is 18.0 Å². The third kappa shape index (κ3) is 3.30. The second-order valence-corrected chi connectivity index (χ2v) is 5.45. The van der Waals surface area contributed by atoms with Crippen LogP contribution in [0.25, 0.3) is 5.78 Å². The molecule has 0 saturated heterocycles. The van der Waals surface area contributed by atoms with E-state index in [0.717, 1.165) is 4.52 Å². The Balaban J connectivity index is 1.91. The van der Waals surface area contributed by atoms with E-state index < -0.39 is 17.9 Å². The molecule has 0 atom stereocenters. The van der Waals surface area contributed by atoms with E-state index in [1.54, 1.807) is 26.8 Å². The Kier molecular flexibility index (Phi) is 3.93. The van der Waals surface area contributed by atoms with Gasteiger partial charge in [-0.05, 0) is 20.8 Å². The van der Waals surface area contributed by atoms with Gasteiger partial charge in [0.15, 0.2) is 5.82 Å². The average Bonchev–Trinajstić information content (AvgIpc) is 3.09. The van der Waals surface area contributed by atoms with Crippen molar-refractivity contribution in [2.24, 2.45) is 0 Å². The number of anilines is 1. The second-order valence-electron chi connectivity index (χ2n) is 5.45. The first-order chi connectivity index (χ1) is 11.6. The first-order valence-corrected chi connectivity index (χ1v) is 7.18. The molecule has 25 heavy (non-hydrogen) atoms. The quantitative estimate of drug-likeness (QED) is 0.775. The lowest BCUT2D eigenvalue weighted by Crippen LogP contribution is -2.18. The number of halogens is 3. The Hall–Kier alpha value is -2.98. The van der Waals surface area contributed by atoms with Gasteiger partial charge in [-0.15, -0.1) is 5.10 Å². The summed E-state index contributed by atoms with van der Waals surface area (Å²) in [7, 11) is 0. The zero-order chi connectivity index (χ0) is 18.4. The minimum atomic E-state index is -4.67. The maximum atomic E-state index is 12.8. The molecule has 0 aliphatic heterocycles. The van der Waals surface area contributed by atoms with Crippen LogP contribution in [0, 0.1) is 20.8 Å². The number of carbonyl (C=O) groups is 1. The SMILES string of the molecule is Cc1cc(NC(=O)Cc2c(C)nc3nc(C(F)(F)F)nn3c2C)no1. The summed E-state index contributed by atoms with van der Waals surface area (Å²) in [5, 5.41) is 9.63. The lowest BCUT2D eigenvalue weighted by atomic mass is 10.1. The van der Waals surface area contributed by atoms with E-state index in [2.05, 4.69) is 25.5 Å². The fourth-order valence-corrected chi connectivity index (χ4v) is 2.36. The standard InChI is InChI=1S/C14H13F3N6O2/c1-6-4-10(22-25-6)19-11(24)5-9-7(2)18-13-20-12(14(15,16)17)21-23(13)8(9)3/h4H,5H2,1-3H3,(H,19,22,24). The van der Waals surface area contributed by atoms with Crippen molar-refractivity contribution in [2.75, 3.05) is 5.32 Å². The molecular weight excluding hydrogens is 341 g/mol. The van der Waals surface area contributed by atoms with Crippen molar-refractivity contribution in [1.82, 2.24) is 24.7 Å². The normalized spacial score (nSPS) is 11.9. The van der Waals surface area contributed by atoms with Gasteiger partial charge in [0, 0.05) is 23.0 Å². The van der Waals surface area contributed by atoms with Crippen molar-refractivity contribution in [3.8, 4) is 0 Å². The minimum absolute atomic E-state index is 0.103. The molecule has 3 aromatic rings.